The van der Waals surface area contributed by atoms with E-state index in [-0.39, 0.29) is 34.8 Å². The van der Waals surface area contributed by atoms with Gasteiger partial charge in [0.25, 0.3) is 0 Å². The first-order chi connectivity index (χ1) is 25.2. The van der Waals surface area contributed by atoms with E-state index in [1.807, 2.05) is 0 Å². The summed E-state index contributed by atoms with van der Waals surface area (Å²) in [5, 5.41) is 60.1. The third-order valence-corrected chi connectivity index (χ3v) is 7.75. The minimum atomic E-state index is -1.34. The van der Waals surface area contributed by atoms with Crippen molar-refractivity contribution in [2.24, 2.45) is 5.73 Å². The van der Waals surface area contributed by atoms with Crippen LogP contribution >= 0.6 is 0 Å². The summed E-state index contributed by atoms with van der Waals surface area (Å²) in [6.07, 6.45) is -2.20. The van der Waals surface area contributed by atoms with Crippen LogP contribution in [-0.4, -0.2) is 112 Å². The van der Waals surface area contributed by atoms with E-state index >= 15 is 0 Å². The van der Waals surface area contributed by atoms with Gasteiger partial charge in [0, 0.05) is 24.2 Å². The van der Waals surface area contributed by atoms with Crippen molar-refractivity contribution in [3.05, 3.63) is 83.2 Å². The van der Waals surface area contributed by atoms with E-state index in [0.717, 1.165) is 18.2 Å². The molecule has 0 aliphatic carbocycles. The Morgan fingerprint density at radius 2 is 1.44 bits per heavy atom. The summed E-state index contributed by atoms with van der Waals surface area (Å²) in [6.45, 7) is 4.11. The van der Waals surface area contributed by atoms with Crippen LogP contribution in [0.25, 0.3) is 0 Å². The summed E-state index contributed by atoms with van der Waals surface area (Å²) >= 11 is 0. The molecule has 3 aromatic carbocycles. The first-order valence-electron chi connectivity index (χ1n) is 16.5. The average Bonchev–Trinajstić information content (AvgIpc) is 3.59. The predicted molar refractivity (Wildman–Crippen MR) is 180 cm³/mol. The minimum Gasteiger partial charge on any atom is -0.508 e. The van der Waals surface area contributed by atoms with Crippen LogP contribution in [0.4, 0.5) is 0 Å². The van der Waals surface area contributed by atoms with Gasteiger partial charge in [-0.15, -0.1) is 5.10 Å². The van der Waals surface area contributed by atoms with E-state index in [2.05, 4.69) is 10.3 Å². The highest BCUT2D eigenvalue weighted by Gasteiger charge is 2.45. The molecule has 0 fully saturated rings. The quantitative estimate of drug-likeness (QED) is 0.0435. The van der Waals surface area contributed by atoms with Crippen LogP contribution in [0.1, 0.15) is 39.4 Å². The van der Waals surface area contributed by atoms with Crippen LogP contribution in [0, 0.1) is 0 Å². The molecule has 17 heteroatoms. The molecule has 0 saturated carbocycles. The van der Waals surface area contributed by atoms with Gasteiger partial charge in [-0.1, -0.05) is 23.4 Å². The maximum atomic E-state index is 13.4. The molecule has 1 aliphatic heterocycles. The number of aromatic nitrogens is 3. The summed E-state index contributed by atoms with van der Waals surface area (Å²) in [7, 11) is 0. The molecule has 3 unspecified atom stereocenters. The standard InChI is InChI=1S/C35H42N4O13/c36-6-8-46-10-12-48-14-15-49-13-11-47-9-7-39-20-24(37-38-39)21-50-33-30-26(41)18-25(40)19-29(30)51-32(23-16-27(42)31(44)28(43)17-23)34(33)52-35(45)22-4-2-1-3-5-22/h1-5,16-20,32-34,40-44H,6-15,21,36H2. The highest BCUT2D eigenvalue weighted by molar-refractivity contribution is 5.89. The molecule has 3 atom stereocenters. The van der Waals surface area contributed by atoms with E-state index < -0.39 is 47.3 Å². The molecular weight excluding hydrogens is 684 g/mol. The van der Waals surface area contributed by atoms with Crippen molar-refractivity contribution in [2.75, 3.05) is 59.4 Å². The fourth-order valence-electron chi connectivity index (χ4n) is 5.32. The number of phenolic OH excluding ortho intramolecular Hbond substituents is 5. The Kier molecular flexibility index (Phi) is 13.8. The Hall–Kier alpha value is -5.17. The Bertz CT molecular complexity index is 1720. The van der Waals surface area contributed by atoms with E-state index in [9.17, 15) is 30.3 Å². The number of nitrogens with two attached hydrogens (primary N) is 1. The third-order valence-electron chi connectivity index (χ3n) is 7.75. The molecule has 1 aromatic heterocycles. The zero-order chi connectivity index (χ0) is 36.9. The second-order valence-corrected chi connectivity index (χ2v) is 11.5. The Labute approximate surface area is 298 Å². The van der Waals surface area contributed by atoms with Crippen LogP contribution in [0.3, 0.4) is 0 Å². The summed E-state index contributed by atoms with van der Waals surface area (Å²) in [5.41, 5.74) is 6.12. The molecule has 280 valence electrons. The molecule has 1 aliphatic rings. The van der Waals surface area contributed by atoms with Crippen LogP contribution in [0.5, 0.6) is 34.5 Å². The van der Waals surface area contributed by atoms with Crippen molar-refractivity contribution in [3.63, 3.8) is 0 Å². The number of carbonyl (C=O) groups excluding carboxylic acids is 1. The topological polar surface area (TPSA) is 240 Å². The number of aromatic hydroxyl groups is 5. The molecular formula is C35H42N4O13. The fourth-order valence-corrected chi connectivity index (χ4v) is 5.32. The first-order valence-corrected chi connectivity index (χ1v) is 16.5. The lowest BCUT2D eigenvalue weighted by molar-refractivity contribution is -0.116. The van der Waals surface area contributed by atoms with Gasteiger partial charge < -0.3 is 64.4 Å². The summed E-state index contributed by atoms with van der Waals surface area (Å²) < 4.78 is 41.7. The number of rotatable bonds is 20. The average molecular weight is 727 g/mol. The normalized spacial score (nSPS) is 16.7. The van der Waals surface area contributed by atoms with Crippen molar-refractivity contribution < 1.29 is 63.5 Å². The zero-order valence-electron chi connectivity index (χ0n) is 28.2. The van der Waals surface area contributed by atoms with Crippen LogP contribution in [-0.2, 0) is 41.6 Å². The van der Waals surface area contributed by atoms with Gasteiger partial charge in [0.2, 0.25) is 0 Å². The highest BCUT2D eigenvalue weighted by Crippen LogP contribution is 2.51. The lowest BCUT2D eigenvalue weighted by Crippen LogP contribution is -2.39. The van der Waals surface area contributed by atoms with Gasteiger partial charge in [0.15, 0.2) is 29.5 Å². The van der Waals surface area contributed by atoms with E-state index in [1.54, 1.807) is 41.2 Å². The van der Waals surface area contributed by atoms with E-state index in [0.29, 0.717) is 71.6 Å². The molecule has 0 amide bonds. The van der Waals surface area contributed by atoms with Gasteiger partial charge in [-0.2, -0.15) is 0 Å². The van der Waals surface area contributed by atoms with Crippen molar-refractivity contribution in [2.45, 2.75) is 31.5 Å². The van der Waals surface area contributed by atoms with Gasteiger partial charge in [-0.05, 0) is 24.3 Å². The van der Waals surface area contributed by atoms with Gasteiger partial charge in [-0.25, -0.2) is 9.48 Å². The van der Waals surface area contributed by atoms with Gasteiger partial charge in [0.05, 0.1) is 83.3 Å². The number of hydrogen-bond acceptors (Lipinski definition) is 16. The van der Waals surface area contributed by atoms with Crippen molar-refractivity contribution >= 4 is 5.97 Å². The molecule has 5 rings (SSSR count). The molecule has 0 spiro atoms. The summed E-state index contributed by atoms with van der Waals surface area (Å²) in [6, 6.07) is 12.7. The smallest absolute Gasteiger partial charge is 0.338 e. The molecule has 0 bridgehead atoms. The molecule has 0 saturated heterocycles. The number of phenols is 5. The van der Waals surface area contributed by atoms with Crippen molar-refractivity contribution in [3.8, 4) is 34.5 Å². The molecule has 7 N–H and O–H groups in total. The highest BCUT2D eigenvalue weighted by atomic mass is 16.6. The van der Waals surface area contributed by atoms with Crippen LogP contribution in [0.2, 0.25) is 0 Å². The SMILES string of the molecule is NCCOCCOCCOCCOCCn1cc(COC2c3c(O)cc(O)cc3OC(c3cc(O)c(O)c(O)c3)C2OC(=O)c2ccccc2)nn1. The summed E-state index contributed by atoms with van der Waals surface area (Å²) in [5.74, 6) is -3.57. The van der Waals surface area contributed by atoms with E-state index in [4.69, 9.17) is 38.9 Å². The van der Waals surface area contributed by atoms with Gasteiger partial charge >= 0.3 is 5.97 Å². The molecule has 4 aromatic rings. The number of hydrogen-bond donors (Lipinski definition) is 6. The Balaban J connectivity index is 1.24. The molecule has 17 nitrogen and oxygen atoms in total. The van der Waals surface area contributed by atoms with Crippen LogP contribution in [0.15, 0.2) is 60.8 Å². The maximum Gasteiger partial charge on any atom is 0.338 e. The Morgan fingerprint density at radius 1 is 0.808 bits per heavy atom. The summed E-state index contributed by atoms with van der Waals surface area (Å²) in [4.78, 5) is 13.4. The predicted octanol–water partition coefficient (Wildman–Crippen LogP) is 2.45. The minimum absolute atomic E-state index is 0.0169. The third kappa shape index (κ3) is 10.2. The number of esters is 1. The number of ether oxygens (including phenoxy) is 7. The second kappa shape index (κ2) is 18.9. The zero-order valence-corrected chi connectivity index (χ0v) is 28.2. The lowest BCUT2D eigenvalue weighted by Gasteiger charge is -2.39. The first kappa shape index (κ1) is 38.1. The van der Waals surface area contributed by atoms with Gasteiger partial charge in [0.1, 0.15) is 29.0 Å². The van der Waals surface area contributed by atoms with Crippen molar-refractivity contribution in [1.82, 2.24) is 15.0 Å². The number of carbonyl (C=O) groups is 1. The van der Waals surface area contributed by atoms with Crippen LogP contribution < -0.4 is 10.5 Å². The van der Waals surface area contributed by atoms with Gasteiger partial charge in [-0.3, -0.25) is 0 Å². The number of benzene rings is 3. The largest absolute Gasteiger partial charge is 0.508 e. The second-order valence-electron chi connectivity index (χ2n) is 11.5. The Morgan fingerprint density at radius 3 is 2.10 bits per heavy atom. The maximum absolute atomic E-state index is 13.4. The molecule has 0 radical (unpaired) electrons. The van der Waals surface area contributed by atoms with E-state index in [1.165, 1.54) is 6.07 Å². The molecule has 52 heavy (non-hydrogen) atoms. The fraction of sp³-hybridized carbons (Fsp3) is 0.400. The monoisotopic (exact) mass is 726 g/mol. The molecule has 2 heterocycles. The lowest BCUT2D eigenvalue weighted by atomic mass is 9.90. The van der Waals surface area contributed by atoms with Crippen molar-refractivity contribution in [1.29, 1.82) is 0 Å². The number of nitrogens with zero attached hydrogens (tertiary/aromatic N) is 3. The number of fused-ring (bicyclic) bond motifs is 1.